The van der Waals surface area contributed by atoms with Gasteiger partial charge in [0.1, 0.15) is 5.82 Å². The van der Waals surface area contributed by atoms with Gasteiger partial charge >= 0.3 is 11.9 Å². The summed E-state index contributed by atoms with van der Waals surface area (Å²) >= 11 is 0. The highest BCUT2D eigenvalue weighted by atomic mass is 19.4. The lowest BCUT2D eigenvalue weighted by atomic mass is 10.1. The summed E-state index contributed by atoms with van der Waals surface area (Å²) in [4.78, 5) is 39.8. The zero-order chi connectivity index (χ0) is 29.0. The molecule has 208 valence electrons. The summed E-state index contributed by atoms with van der Waals surface area (Å²) in [6.45, 7) is -0.668. The van der Waals surface area contributed by atoms with Crippen LogP contribution in [0.1, 0.15) is 27.2 Å². The highest BCUT2D eigenvalue weighted by Gasteiger charge is 2.30. The number of amides is 1. The predicted octanol–water partition coefficient (Wildman–Crippen LogP) is 3.55. The molecule has 40 heavy (non-hydrogen) atoms. The number of hydrogen-bond acceptors (Lipinski definition) is 6. The van der Waals surface area contributed by atoms with Crippen LogP contribution >= 0.6 is 0 Å². The van der Waals surface area contributed by atoms with Gasteiger partial charge in [-0.25, -0.2) is 9.18 Å². The van der Waals surface area contributed by atoms with Crippen LogP contribution in [0.25, 0.3) is 5.69 Å². The van der Waals surface area contributed by atoms with Crippen LogP contribution in [0.15, 0.2) is 76.3 Å². The molecule has 4 aromatic rings. The van der Waals surface area contributed by atoms with Gasteiger partial charge in [0.05, 0.1) is 32.0 Å². The minimum absolute atomic E-state index is 0.00300. The zero-order valence-electron chi connectivity index (χ0n) is 21.2. The summed E-state index contributed by atoms with van der Waals surface area (Å²) < 4.78 is 64.8. The minimum atomic E-state index is -4.65. The van der Waals surface area contributed by atoms with Crippen LogP contribution in [0.3, 0.4) is 0 Å². The van der Waals surface area contributed by atoms with Crippen molar-refractivity contribution in [2.75, 3.05) is 14.2 Å². The molecule has 13 heteroatoms. The molecule has 0 saturated heterocycles. The summed E-state index contributed by atoms with van der Waals surface area (Å²) in [5, 5.41) is 6.47. The number of nitrogens with zero attached hydrogens (tertiary/aromatic N) is 3. The number of ether oxygens (including phenoxy) is 2. The van der Waals surface area contributed by atoms with Gasteiger partial charge in [-0.3, -0.25) is 14.2 Å². The van der Waals surface area contributed by atoms with Crippen molar-refractivity contribution in [2.24, 2.45) is 0 Å². The Balaban J connectivity index is 1.82. The van der Waals surface area contributed by atoms with Crippen LogP contribution in [0.4, 0.5) is 17.6 Å². The van der Waals surface area contributed by atoms with E-state index in [2.05, 4.69) is 10.4 Å². The second kappa shape index (κ2) is 11.4. The van der Waals surface area contributed by atoms with Crippen molar-refractivity contribution in [3.05, 3.63) is 116 Å². The Morgan fingerprint density at radius 2 is 1.62 bits per heavy atom. The first-order valence-corrected chi connectivity index (χ1v) is 11.7. The van der Waals surface area contributed by atoms with Crippen molar-refractivity contribution >= 4 is 5.91 Å². The minimum Gasteiger partial charge on any atom is -0.493 e. The summed E-state index contributed by atoms with van der Waals surface area (Å²) in [5.74, 6) is -0.891. The Bertz CT molecular complexity index is 1660. The predicted molar refractivity (Wildman–Crippen MR) is 135 cm³/mol. The maximum absolute atomic E-state index is 13.4. The molecule has 0 saturated carbocycles. The van der Waals surface area contributed by atoms with E-state index >= 15 is 0 Å². The van der Waals surface area contributed by atoms with Gasteiger partial charge in [-0.2, -0.15) is 23.0 Å². The van der Waals surface area contributed by atoms with Crippen molar-refractivity contribution in [2.45, 2.75) is 19.3 Å². The Morgan fingerprint density at radius 3 is 2.27 bits per heavy atom. The van der Waals surface area contributed by atoms with E-state index < -0.39 is 47.0 Å². The normalized spacial score (nSPS) is 11.2. The number of halogens is 4. The first-order chi connectivity index (χ1) is 19.0. The van der Waals surface area contributed by atoms with Crippen molar-refractivity contribution in [1.82, 2.24) is 19.7 Å². The van der Waals surface area contributed by atoms with E-state index in [1.54, 1.807) is 0 Å². The molecule has 9 nitrogen and oxygen atoms in total. The number of hydrogen-bond donors (Lipinski definition) is 1. The van der Waals surface area contributed by atoms with E-state index in [1.807, 2.05) is 0 Å². The fraction of sp³-hybridized carbons (Fsp3) is 0.185. The molecule has 0 fully saturated rings. The Kier molecular flexibility index (Phi) is 8.03. The van der Waals surface area contributed by atoms with Crippen molar-refractivity contribution in [3.8, 4) is 17.2 Å². The smallest absolute Gasteiger partial charge is 0.416 e. The van der Waals surface area contributed by atoms with Gasteiger partial charge in [0, 0.05) is 12.6 Å². The van der Waals surface area contributed by atoms with Gasteiger partial charge in [-0.15, -0.1) is 0 Å². The molecule has 0 bridgehead atoms. The third-order valence-corrected chi connectivity index (χ3v) is 5.85. The molecule has 0 spiro atoms. The van der Waals surface area contributed by atoms with Gasteiger partial charge in [0.2, 0.25) is 5.69 Å². The summed E-state index contributed by atoms with van der Waals surface area (Å²) in [6.07, 6.45) is -4.65. The molecule has 0 atom stereocenters. The number of carbonyl (C=O) groups is 1. The lowest BCUT2D eigenvalue weighted by molar-refractivity contribution is -0.137. The van der Waals surface area contributed by atoms with E-state index in [0.717, 1.165) is 22.9 Å². The lowest BCUT2D eigenvalue weighted by Crippen LogP contribution is -2.46. The van der Waals surface area contributed by atoms with Crippen molar-refractivity contribution < 1.29 is 31.8 Å². The number of alkyl halides is 3. The molecule has 0 radical (unpaired) electrons. The second-order valence-electron chi connectivity index (χ2n) is 8.48. The summed E-state index contributed by atoms with van der Waals surface area (Å²) in [5.41, 5.74) is -3.18. The van der Waals surface area contributed by atoms with Gasteiger partial charge < -0.3 is 14.8 Å². The zero-order valence-corrected chi connectivity index (χ0v) is 21.2. The number of nitrogens with one attached hydrogen (secondary N) is 1. The number of benzene rings is 3. The molecule has 3 aromatic carbocycles. The molecule has 1 aromatic heterocycles. The van der Waals surface area contributed by atoms with Crippen molar-refractivity contribution in [1.29, 1.82) is 0 Å². The molecule has 0 unspecified atom stereocenters. The van der Waals surface area contributed by atoms with Crippen LogP contribution in [0.2, 0.25) is 0 Å². The number of carbonyl (C=O) groups excluding carboxylic acids is 1. The maximum Gasteiger partial charge on any atom is 0.416 e. The van der Waals surface area contributed by atoms with E-state index in [9.17, 15) is 31.9 Å². The number of methoxy groups -OCH3 is 2. The fourth-order valence-corrected chi connectivity index (χ4v) is 3.82. The Hall–Kier alpha value is -4.94. The largest absolute Gasteiger partial charge is 0.493 e. The van der Waals surface area contributed by atoms with Gasteiger partial charge in [-0.05, 0) is 47.5 Å². The Morgan fingerprint density at radius 1 is 0.925 bits per heavy atom. The third-order valence-electron chi connectivity index (χ3n) is 5.85. The average Bonchev–Trinajstić information content (AvgIpc) is 2.94. The highest BCUT2D eigenvalue weighted by Crippen LogP contribution is 2.30. The molecule has 0 aliphatic carbocycles. The van der Waals surface area contributed by atoms with Crippen LogP contribution in [-0.2, 0) is 19.3 Å². The molecule has 1 heterocycles. The first kappa shape index (κ1) is 28.1. The Labute approximate surface area is 224 Å². The number of aromatic nitrogens is 3. The van der Waals surface area contributed by atoms with E-state index in [0.29, 0.717) is 15.9 Å². The van der Waals surface area contributed by atoms with Crippen LogP contribution < -0.4 is 26.0 Å². The highest BCUT2D eigenvalue weighted by molar-refractivity contribution is 5.91. The van der Waals surface area contributed by atoms with E-state index in [1.165, 1.54) is 62.8 Å². The molecule has 1 N–H and O–H groups in total. The van der Waals surface area contributed by atoms with Gasteiger partial charge in [-0.1, -0.05) is 24.3 Å². The maximum atomic E-state index is 13.4. The quantitative estimate of drug-likeness (QED) is 0.332. The van der Waals surface area contributed by atoms with Gasteiger partial charge in [0.25, 0.3) is 11.5 Å². The summed E-state index contributed by atoms with van der Waals surface area (Å²) in [7, 11) is 2.77. The van der Waals surface area contributed by atoms with E-state index in [4.69, 9.17) is 9.47 Å². The lowest BCUT2D eigenvalue weighted by Gasteiger charge is -2.15. The second-order valence-corrected chi connectivity index (χ2v) is 8.48. The van der Waals surface area contributed by atoms with Crippen LogP contribution in [-0.4, -0.2) is 34.5 Å². The third kappa shape index (κ3) is 6.03. The number of rotatable bonds is 8. The average molecular weight is 558 g/mol. The fourth-order valence-electron chi connectivity index (χ4n) is 3.82. The van der Waals surface area contributed by atoms with Crippen LogP contribution in [0.5, 0.6) is 11.5 Å². The molecule has 0 aliphatic heterocycles. The monoisotopic (exact) mass is 558 g/mol. The molecular formula is C27H22F4N4O5. The molecular weight excluding hydrogens is 536 g/mol. The van der Waals surface area contributed by atoms with E-state index in [-0.39, 0.29) is 23.5 Å². The standard InChI is InChI=1S/C27H22F4N4O5/c1-39-21-11-10-20(13-22(21)40-2)35-26(38)34(15-17-4-3-5-18(12-17)27(29,30)31)25(37)23(33-35)24(36)32-14-16-6-8-19(28)9-7-16/h3-13H,14-15H2,1-2H3,(H,32,36). The molecule has 1 amide bonds. The van der Waals surface area contributed by atoms with Crippen molar-refractivity contribution in [3.63, 3.8) is 0 Å². The van der Waals surface area contributed by atoms with Crippen LogP contribution in [0, 0.1) is 5.82 Å². The first-order valence-electron chi connectivity index (χ1n) is 11.7. The SMILES string of the molecule is COc1ccc(-n2nc(C(=O)NCc3ccc(F)cc3)c(=O)n(Cc3cccc(C(F)(F)F)c3)c2=O)cc1OC. The topological polar surface area (TPSA) is 104 Å². The molecule has 4 rings (SSSR count). The van der Waals surface area contributed by atoms with Gasteiger partial charge in [0.15, 0.2) is 11.5 Å². The molecule has 0 aliphatic rings. The summed E-state index contributed by atoms with van der Waals surface area (Å²) in [6, 6.07) is 13.7.